The smallest absolute Gasteiger partial charge is 0.260 e. The number of anilines is 1. The highest BCUT2D eigenvalue weighted by Gasteiger charge is 2.36. The predicted molar refractivity (Wildman–Crippen MR) is 155 cm³/mol. The molecular weight excluding hydrogens is 549 g/mol. The molecule has 0 saturated heterocycles. The van der Waals surface area contributed by atoms with E-state index < -0.39 is 11.4 Å². The number of carbonyl (C=O) groups excluding carboxylic acids is 1. The number of amides is 1. The molecule has 2 aliphatic heterocycles. The Bertz CT molecular complexity index is 1870. The van der Waals surface area contributed by atoms with Crippen molar-refractivity contribution in [1.82, 2.24) is 25.1 Å². The second-order valence-electron chi connectivity index (χ2n) is 11.5. The molecular formula is C32H28FN7O3. The first-order valence-corrected chi connectivity index (χ1v) is 14.0. The first-order chi connectivity index (χ1) is 20.7. The number of nitrogens with one attached hydrogen (secondary N) is 1. The maximum atomic E-state index is 15.4. The molecule has 43 heavy (non-hydrogen) atoms. The van der Waals surface area contributed by atoms with Gasteiger partial charge in [-0.25, -0.2) is 9.37 Å². The van der Waals surface area contributed by atoms with E-state index >= 15 is 4.39 Å². The van der Waals surface area contributed by atoms with Crippen LogP contribution in [0.3, 0.4) is 0 Å². The predicted octanol–water partition coefficient (Wildman–Crippen LogP) is 4.87. The molecule has 10 nitrogen and oxygen atoms in total. The Morgan fingerprint density at radius 1 is 1.19 bits per heavy atom. The minimum atomic E-state index is -0.787. The van der Waals surface area contributed by atoms with E-state index in [0.29, 0.717) is 33.9 Å². The fourth-order valence-corrected chi connectivity index (χ4v) is 5.63. The van der Waals surface area contributed by atoms with Crippen LogP contribution in [-0.2, 0) is 24.9 Å². The van der Waals surface area contributed by atoms with E-state index in [1.54, 1.807) is 36.0 Å². The molecule has 3 aliphatic rings. The molecule has 1 atom stereocenters. The van der Waals surface area contributed by atoms with Gasteiger partial charge in [-0.2, -0.15) is 5.26 Å². The van der Waals surface area contributed by atoms with Crippen molar-refractivity contribution in [1.29, 1.82) is 5.26 Å². The zero-order valence-electron chi connectivity index (χ0n) is 23.6. The summed E-state index contributed by atoms with van der Waals surface area (Å²) in [5.41, 5.74) is 4.16. The summed E-state index contributed by atoms with van der Waals surface area (Å²) in [6.45, 7) is 2.34. The lowest BCUT2D eigenvalue weighted by molar-refractivity contribution is 0.0995. The monoisotopic (exact) mass is 577 g/mol. The second-order valence-corrected chi connectivity index (χ2v) is 11.5. The number of aliphatic hydroxyl groups excluding tert-OH is 1. The molecule has 1 aliphatic carbocycles. The summed E-state index contributed by atoms with van der Waals surface area (Å²) >= 11 is 0. The van der Waals surface area contributed by atoms with Crippen molar-refractivity contribution < 1.29 is 19.0 Å². The van der Waals surface area contributed by atoms with Gasteiger partial charge in [-0.1, -0.05) is 6.07 Å². The lowest BCUT2D eigenvalue weighted by Crippen LogP contribution is -2.44. The van der Waals surface area contributed by atoms with Crippen LogP contribution in [0, 0.1) is 17.1 Å². The number of hydrogen-bond acceptors (Lipinski definition) is 8. The summed E-state index contributed by atoms with van der Waals surface area (Å²) in [6, 6.07) is 14.6. The first kappa shape index (κ1) is 26.8. The summed E-state index contributed by atoms with van der Waals surface area (Å²) in [6.07, 6.45) is 4.91. The Hall–Kier alpha value is -5.08. The average Bonchev–Trinajstić information content (AvgIpc) is 3.58. The van der Waals surface area contributed by atoms with Crippen LogP contribution < -0.4 is 10.2 Å². The summed E-state index contributed by atoms with van der Waals surface area (Å²) in [7, 11) is 1.84. The summed E-state index contributed by atoms with van der Waals surface area (Å²) < 4.78 is 22.4. The van der Waals surface area contributed by atoms with Crippen LogP contribution in [-0.4, -0.2) is 42.9 Å². The van der Waals surface area contributed by atoms with Crippen molar-refractivity contribution in [3.63, 3.8) is 0 Å². The summed E-state index contributed by atoms with van der Waals surface area (Å²) in [4.78, 5) is 20.2. The van der Waals surface area contributed by atoms with Gasteiger partial charge in [0.25, 0.3) is 5.91 Å². The number of fused-ring (bicyclic) bond motifs is 1. The molecule has 0 radical (unpaired) electrons. The van der Waals surface area contributed by atoms with Crippen LogP contribution in [0.5, 0.6) is 0 Å². The lowest BCUT2D eigenvalue weighted by atomic mass is 9.96. The van der Waals surface area contributed by atoms with Crippen LogP contribution in [0.1, 0.15) is 58.4 Å². The normalized spacial score (nSPS) is 19.3. The fourth-order valence-electron chi connectivity index (χ4n) is 5.63. The van der Waals surface area contributed by atoms with Crippen LogP contribution in [0.4, 0.5) is 10.2 Å². The molecule has 1 fully saturated rings. The van der Waals surface area contributed by atoms with E-state index in [-0.39, 0.29) is 37.3 Å². The van der Waals surface area contributed by atoms with Gasteiger partial charge in [0.2, 0.25) is 0 Å². The number of rotatable bonds is 7. The molecule has 216 valence electrons. The van der Waals surface area contributed by atoms with E-state index in [9.17, 15) is 15.2 Å². The van der Waals surface area contributed by atoms with Crippen LogP contribution >= 0.6 is 0 Å². The van der Waals surface area contributed by atoms with Crippen LogP contribution in [0.25, 0.3) is 22.5 Å². The quantitative estimate of drug-likeness (QED) is 0.318. The highest BCUT2D eigenvalue weighted by atomic mass is 19.1. The number of pyridine rings is 1. The molecule has 1 amide bonds. The number of carbonyl (C=O) groups is 1. The van der Waals surface area contributed by atoms with Crippen LogP contribution in [0.15, 0.2) is 60.8 Å². The van der Waals surface area contributed by atoms with E-state index in [2.05, 4.69) is 21.6 Å². The fraction of sp³-hybridized carbons (Fsp3) is 0.281. The Morgan fingerprint density at radius 2 is 2.02 bits per heavy atom. The van der Waals surface area contributed by atoms with Crippen molar-refractivity contribution in [3.05, 3.63) is 94.6 Å². The van der Waals surface area contributed by atoms with E-state index in [4.69, 9.17) is 9.72 Å². The second kappa shape index (κ2) is 10.0. The largest absolute Gasteiger partial charge is 0.507 e. The molecule has 2 aromatic carbocycles. The van der Waals surface area contributed by atoms with Gasteiger partial charge in [0.05, 0.1) is 18.2 Å². The molecule has 4 heterocycles. The third kappa shape index (κ3) is 4.70. The molecule has 2 aromatic heterocycles. The van der Waals surface area contributed by atoms with Gasteiger partial charge < -0.3 is 14.4 Å². The van der Waals surface area contributed by atoms with E-state index in [0.717, 1.165) is 35.2 Å². The van der Waals surface area contributed by atoms with Gasteiger partial charge >= 0.3 is 0 Å². The average molecular weight is 578 g/mol. The maximum Gasteiger partial charge on any atom is 0.260 e. The maximum absolute atomic E-state index is 15.4. The van der Waals surface area contributed by atoms with Gasteiger partial charge in [0, 0.05) is 41.9 Å². The van der Waals surface area contributed by atoms with Crippen LogP contribution in [0.2, 0.25) is 0 Å². The number of nitriles is 1. The number of benzene rings is 2. The summed E-state index contributed by atoms with van der Waals surface area (Å²) in [5.74, 6) is 0.614. The van der Waals surface area contributed by atoms with Crippen molar-refractivity contribution in [2.75, 3.05) is 11.5 Å². The number of aryl methyl sites for hydroxylation is 1. The molecule has 1 saturated carbocycles. The zero-order valence-corrected chi connectivity index (χ0v) is 23.6. The van der Waals surface area contributed by atoms with Gasteiger partial charge in [0.1, 0.15) is 42.1 Å². The molecule has 2 N–H and O–H groups in total. The van der Waals surface area contributed by atoms with E-state index in [1.165, 1.54) is 17.2 Å². The minimum absolute atomic E-state index is 0.0624. The lowest BCUT2D eigenvalue weighted by Gasteiger charge is -2.24. The van der Waals surface area contributed by atoms with Gasteiger partial charge in [0.15, 0.2) is 5.82 Å². The molecule has 0 spiro atoms. The highest BCUT2D eigenvalue weighted by molar-refractivity contribution is 6.10. The number of nitrogens with zero attached hydrogens (tertiary/aromatic N) is 6. The molecule has 0 bridgehead atoms. The van der Waals surface area contributed by atoms with Crippen molar-refractivity contribution in [2.24, 2.45) is 7.05 Å². The third-order valence-electron chi connectivity index (χ3n) is 8.38. The SMILES string of the molecule is Cn1cnnc1-c1cc(C#N)ccc1-c1cc(C2CC2)nc(N2Cc3c(F)cc(CNC4(C)COC=C4O)cc3C2=O)c1. The number of hydrogen-bond donors (Lipinski definition) is 2. The number of aliphatic hydroxyl groups is 1. The first-order valence-electron chi connectivity index (χ1n) is 14.0. The molecule has 7 rings (SSSR count). The Balaban J connectivity index is 1.25. The standard InChI is InChI=1S/C32H28FN7O3/c1-32(16-43-15-28(32)41)35-13-19-8-24-25(26(33)9-19)14-40(31(24)42)29-11-21(10-27(37-29)20-4-5-20)22-6-3-18(12-34)7-23(22)30-38-36-17-39(30)2/h3,6-11,15,17,20,35,41H,4-5,13-14,16H2,1-2H3. The van der Waals surface area contributed by atoms with E-state index in [1.807, 2.05) is 25.2 Å². The molecule has 11 heteroatoms. The number of aromatic nitrogens is 4. The third-order valence-corrected chi connectivity index (χ3v) is 8.38. The minimum Gasteiger partial charge on any atom is -0.507 e. The van der Waals surface area contributed by atoms with Crippen molar-refractivity contribution in [3.8, 4) is 28.6 Å². The van der Waals surface area contributed by atoms with Crippen molar-refractivity contribution in [2.45, 2.75) is 44.3 Å². The Kier molecular flexibility index (Phi) is 6.25. The number of ether oxygens (including phenoxy) is 1. The van der Waals surface area contributed by atoms with Gasteiger partial charge in [-0.05, 0) is 72.9 Å². The van der Waals surface area contributed by atoms with Crippen molar-refractivity contribution >= 4 is 11.7 Å². The Labute approximate surface area is 247 Å². The molecule has 4 aromatic rings. The van der Waals surface area contributed by atoms with Gasteiger partial charge in [-0.3, -0.25) is 15.0 Å². The topological polar surface area (TPSA) is 129 Å². The Morgan fingerprint density at radius 3 is 2.72 bits per heavy atom. The zero-order chi connectivity index (χ0) is 29.9. The molecule has 1 unspecified atom stereocenters. The highest BCUT2D eigenvalue weighted by Crippen LogP contribution is 2.43. The van der Waals surface area contributed by atoms with Gasteiger partial charge in [-0.15, -0.1) is 10.2 Å². The number of halogens is 1. The summed E-state index contributed by atoms with van der Waals surface area (Å²) in [5, 5.41) is 31.2.